The molecule has 20 heavy (non-hydrogen) atoms. The summed E-state index contributed by atoms with van der Waals surface area (Å²) in [7, 11) is 1.64. The molecule has 0 atom stereocenters. The van der Waals surface area contributed by atoms with E-state index in [9.17, 15) is 14.9 Å². The fourth-order valence-corrected chi connectivity index (χ4v) is 2.27. The van der Waals surface area contributed by atoms with Crippen molar-refractivity contribution in [2.24, 2.45) is 5.73 Å². The van der Waals surface area contributed by atoms with Crippen LogP contribution in [0.1, 0.15) is 29.6 Å². The van der Waals surface area contributed by atoms with Crippen LogP contribution in [0.2, 0.25) is 0 Å². The molecule has 1 saturated carbocycles. The largest absolute Gasteiger partial charge is 0.377 e. The van der Waals surface area contributed by atoms with Gasteiger partial charge < -0.3 is 15.8 Å². The van der Waals surface area contributed by atoms with Crippen molar-refractivity contribution in [2.75, 3.05) is 19.0 Å². The summed E-state index contributed by atoms with van der Waals surface area (Å²) in [4.78, 5) is 21.6. The van der Waals surface area contributed by atoms with Gasteiger partial charge in [-0.15, -0.1) is 0 Å². The maximum Gasteiger partial charge on any atom is 0.293 e. The number of nitro benzene ring substituents is 1. The predicted octanol–water partition coefficient (Wildman–Crippen LogP) is 1.67. The van der Waals surface area contributed by atoms with Gasteiger partial charge in [0.25, 0.3) is 5.69 Å². The summed E-state index contributed by atoms with van der Waals surface area (Å²) < 4.78 is 5.45. The molecule has 1 aliphatic rings. The average Bonchev–Trinajstić information content (AvgIpc) is 2.37. The molecule has 7 heteroatoms. The van der Waals surface area contributed by atoms with Crippen LogP contribution in [0, 0.1) is 10.1 Å². The van der Waals surface area contributed by atoms with Gasteiger partial charge in [0.05, 0.1) is 10.5 Å². The van der Waals surface area contributed by atoms with Gasteiger partial charge in [0, 0.05) is 25.3 Å². The van der Waals surface area contributed by atoms with Crippen LogP contribution in [0.4, 0.5) is 11.4 Å². The Hall–Kier alpha value is -2.15. The lowest BCUT2D eigenvalue weighted by Crippen LogP contribution is -2.45. The Labute approximate surface area is 116 Å². The summed E-state index contributed by atoms with van der Waals surface area (Å²) in [6, 6.07) is 4.16. The fraction of sp³-hybridized carbons (Fsp3) is 0.462. The van der Waals surface area contributed by atoms with Gasteiger partial charge >= 0.3 is 0 Å². The van der Waals surface area contributed by atoms with Crippen LogP contribution >= 0.6 is 0 Å². The van der Waals surface area contributed by atoms with E-state index in [1.54, 1.807) is 7.11 Å². The number of anilines is 1. The van der Waals surface area contributed by atoms with E-state index in [-0.39, 0.29) is 16.9 Å². The second-order valence-electron chi connectivity index (χ2n) is 4.95. The third-order valence-corrected chi connectivity index (χ3v) is 3.78. The fourth-order valence-electron chi connectivity index (χ4n) is 2.27. The Balaban J connectivity index is 2.18. The number of hydrogen-bond acceptors (Lipinski definition) is 5. The quantitative estimate of drug-likeness (QED) is 0.608. The second-order valence-corrected chi connectivity index (χ2v) is 4.95. The van der Waals surface area contributed by atoms with Gasteiger partial charge in [-0.25, -0.2) is 0 Å². The molecule has 1 aromatic carbocycles. The van der Waals surface area contributed by atoms with E-state index in [4.69, 9.17) is 10.5 Å². The number of primary amides is 1. The van der Waals surface area contributed by atoms with Crippen molar-refractivity contribution in [3.05, 3.63) is 33.9 Å². The van der Waals surface area contributed by atoms with Crippen molar-refractivity contribution in [3.8, 4) is 0 Å². The average molecular weight is 279 g/mol. The van der Waals surface area contributed by atoms with Gasteiger partial charge in [0.2, 0.25) is 5.91 Å². The Morgan fingerprint density at radius 2 is 2.25 bits per heavy atom. The van der Waals surface area contributed by atoms with E-state index in [2.05, 4.69) is 5.32 Å². The molecular weight excluding hydrogens is 262 g/mol. The highest BCUT2D eigenvalue weighted by Crippen LogP contribution is 2.36. The highest BCUT2D eigenvalue weighted by atomic mass is 16.6. The van der Waals surface area contributed by atoms with Crippen molar-refractivity contribution in [2.45, 2.75) is 24.9 Å². The van der Waals surface area contributed by atoms with E-state index in [1.165, 1.54) is 18.2 Å². The minimum absolute atomic E-state index is 0.118. The number of carbonyl (C=O) groups is 1. The number of nitrogens with zero attached hydrogens (tertiary/aromatic N) is 1. The molecule has 1 aliphatic carbocycles. The van der Waals surface area contributed by atoms with E-state index in [0.717, 1.165) is 19.3 Å². The number of nitrogens with one attached hydrogen (secondary N) is 1. The summed E-state index contributed by atoms with van der Waals surface area (Å²) in [5.41, 5.74) is 5.21. The molecule has 0 heterocycles. The minimum Gasteiger partial charge on any atom is -0.377 e. The molecule has 2 rings (SSSR count). The van der Waals surface area contributed by atoms with Crippen molar-refractivity contribution >= 4 is 17.3 Å². The van der Waals surface area contributed by atoms with Crippen LogP contribution in [0.5, 0.6) is 0 Å². The minimum atomic E-state index is -0.688. The first-order chi connectivity index (χ1) is 9.47. The molecule has 7 nitrogen and oxygen atoms in total. The van der Waals surface area contributed by atoms with Gasteiger partial charge in [0.15, 0.2) is 0 Å². The van der Waals surface area contributed by atoms with Crippen LogP contribution in [0.15, 0.2) is 18.2 Å². The van der Waals surface area contributed by atoms with E-state index in [1.807, 2.05) is 0 Å². The molecule has 0 saturated heterocycles. The van der Waals surface area contributed by atoms with Gasteiger partial charge in [-0.3, -0.25) is 14.9 Å². The molecule has 0 unspecified atom stereocenters. The zero-order valence-corrected chi connectivity index (χ0v) is 11.2. The summed E-state index contributed by atoms with van der Waals surface area (Å²) in [6.45, 7) is 0.500. The van der Waals surface area contributed by atoms with Crippen LogP contribution in [0.3, 0.4) is 0 Å². The number of carbonyl (C=O) groups excluding carboxylic acids is 1. The summed E-state index contributed by atoms with van der Waals surface area (Å²) in [5, 5.41) is 14.1. The van der Waals surface area contributed by atoms with E-state index < -0.39 is 10.8 Å². The Bertz CT molecular complexity index is 535. The number of nitro groups is 1. The monoisotopic (exact) mass is 279 g/mol. The number of hydrogen-bond donors (Lipinski definition) is 2. The number of rotatable bonds is 6. The molecule has 1 amide bonds. The molecule has 0 spiro atoms. The predicted molar refractivity (Wildman–Crippen MR) is 73.7 cm³/mol. The zero-order chi connectivity index (χ0) is 14.8. The molecule has 0 aliphatic heterocycles. The molecule has 108 valence electrons. The summed E-state index contributed by atoms with van der Waals surface area (Å²) in [5.74, 6) is -0.688. The first-order valence-electron chi connectivity index (χ1n) is 6.35. The zero-order valence-electron chi connectivity index (χ0n) is 11.2. The first kappa shape index (κ1) is 14.3. The van der Waals surface area contributed by atoms with E-state index >= 15 is 0 Å². The smallest absolute Gasteiger partial charge is 0.293 e. The van der Waals surface area contributed by atoms with Gasteiger partial charge in [0.1, 0.15) is 5.69 Å². The lowest BCUT2D eigenvalue weighted by atomic mass is 9.80. The molecule has 1 fully saturated rings. The van der Waals surface area contributed by atoms with Gasteiger partial charge in [-0.1, -0.05) is 0 Å². The lowest BCUT2D eigenvalue weighted by molar-refractivity contribution is -0.384. The van der Waals surface area contributed by atoms with Crippen LogP contribution < -0.4 is 11.1 Å². The third-order valence-electron chi connectivity index (χ3n) is 3.78. The van der Waals surface area contributed by atoms with Gasteiger partial charge in [-0.2, -0.15) is 0 Å². The summed E-state index contributed by atoms with van der Waals surface area (Å²) in [6.07, 6.45) is 2.96. The highest BCUT2D eigenvalue weighted by molar-refractivity contribution is 5.94. The third kappa shape index (κ3) is 2.72. The Morgan fingerprint density at radius 3 is 2.70 bits per heavy atom. The van der Waals surface area contributed by atoms with Crippen molar-refractivity contribution in [3.63, 3.8) is 0 Å². The topological polar surface area (TPSA) is 107 Å². The molecule has 3 N–H and O–H groups in total. The SMILES string of the molecule is COC1(CNc2ccc(C(N)=O)cc2[N+](=O)[O-])CCC1. The molecule has 0 aromatic heterocycles. The molecule has 1 aromatic rings. The normalized spacial score (nSPS) is 16.2. The first-order valence-corrected chi connectivity index (χ1v) is 6.35. The maximum absolute atomic E-state index is 11.1. The molecular formula is C13H17N3O4. The highest BCUT2D eigenvalue weighted by Gasteiger charge is 2.37. The van der Waals surface area contributed by atoms with Crippen molar-refractivity contribution in [1.29, 1.82) is 0 Å². The Kier molecular flexibility index (Phi) is 3.89. The standard InChI is InChI=1S/C13H17N3O4/c1-20-13(5-2-6-13)8-15-10-4-3-9(12(14)17)7-11(10)16(18)19/h3-4,7,15H,2,5-6,8H2,1H3,(H2,14,17). The number of nitrogens with two attached hydrogens (primary N) is 1. The lowest BCUT2D eigenvalue weighted by Gasteiger charge is -2.40. The second kappa shape index (κ2) is 5.46. The summed E-state index contributed by atoms with van der Waals surface area (Å²) >= 11 is 0. The van der Waals surface area contributed by atoms with Crippen molar-refractivity contribution < 1.29 is 14.5 Å². The van der Waals surface area contributed by atoms with Crippen LogP contribution in [-0.2, 0) is 4.74 Å². The number of ether oxygens (including phenoxy) is 1. The Morgan fingerprint density at radius 1 is 1.55 bits per heavy atom. The maximum atomic E-state index is 11.1. The van der Waals surface area contributed by atoms with Crippen LogP contribution in [-0.4, -0.2) is 30.1 Å². The number of methoxy groups -OCH3 is 1. The molecule has 0 bridgehead atoms. The number of amides is 1. The molecule has 0 radical (unpaired) electrons. The number of benzene rings is 1. The van der Waals surface area contributed by atoms with Crippen LogP contribution in [0.25, 0.3) is 0 Å². The van der Waals surface area contributed by atoms with E-state index in [0.29, 0.717) is 12.2 Å². The van der Waals surface area contributed by atoms with Crippen molar-refractivity contribution in [1.82, 2.24) is 0 Å². The van der Waals surface area contributed by atoms with Gasteiger partial charge in [-0.05, 0) is 31.4 Å².